The van der Waals surface area contributed by atoms with Crippen molar-refractivity contribution >= 4 is 21.6 Å². The predicted octanol–water partition coefficient (Wildman–Crippen LogP) is 3.55. The summed E-state index contributed by atoms with van der Waals surface area (Å²) in [6.45, 7) is 2.70. The molecule has 156 valence electrons. The number of nitrogens with one attached hydrogen (secondary N) is 1. The first-order chi connectivity index (χ1) is 14.4. The first kappa shape index (κ1) is 21.3. The Labute approximate surface area is 176 Å². The number of carbonyl (C=O) groups is 1. The van der Waals surface area contributed by atoms with Crippen LogP contribution >= 0.6 is 0 Å². The lowest BCUT2D eigenvalue weighted by atomic mass is 10.2. The van der Waals surface area contributed by atoms with Gasteiger partial charge in [0.15, 0.2) is 0 Å². The molecule has 0 unspecified atom stereocenters. The maximum atomic E-state index is 12.7. The average molecular weight is 426 g/mol. The molecule has 1 aromatic heterocycles. The minimum absolute atomic E-state index is 0.106. The largest absolute Gasteiger partial charge is 0.494 e. The second-order valence-electron chi connectivity index (χ2n) is 6.57. The fourth-order valence-corrected chi connectivity index (χ4v) is 3.89. The molecule has 30 heavy (non-hydrogen) atoms. The van der Waals surface area contributed by atoms with Gasteiger partial charge in [-0.15, -0.1) is 0 Å². The molecule has 1 N–H and O–H groups in total. The van der Waals surface area contributed by atoms with Crippen LogP contribution in [0.1, 0.15) is 23.0 Å². The molecule has 2 aromatic carbocycles. The molecule has 1 heterocycles. The average Bonchev–Trinajstić information content (AvgIpc) is 2.74. The zero-order valence-corrected chi connectivity index (χ0v) is 17.6. The van der Waals surface area contributed by atoms with Crippen molar-refractivity contribution in [2.45, 2.75) is 18.4 Å². The molecule has 0 aliphatic rings. The summed E-state index contributed by atoms with van der Waals surface area (Å²) in [6, 6.07) is 18.1. The number of anilines is 1. The van der Waals surface area contributed by atoms with Gasteiger partial charge in [0.05, 0.1) is 23.7 Å². The van der Waals surface area contributed by atoms with Gasteiger partial charge in [0.1, 0.15) is 5.75 Å². The minimum atomic E-state index is -3.80. The molecule has 7 nitrogen and oxygen atoms in total. The Hall–Kier alpha value is -3.39. The molecule has 0 bridgehead atoms. The van der Waals surface area contributed by atoms with Crippen molar-refractivity contribution in [3.05, 3.63) is 84.2 Å². The summed E-state index contributed by atoms with van der Waals surface area (Å²) in [5.41, 5.74) is 1.45. The van der Waals surface area contributed by atoms with Crippen LogP contribution in [0.3, 0.4) is 0 Å². The monoisotopic (exact) mass is 425 g/mol. The summed E-state index contributed by atoms with van der Waals surface area (Å²) in [5.74, 6) is 0.364. The molecule has 0 aliphatic heterocycles. The minimum Gasteiger partial charge on any atom is -0.494 e. The molecular weight excluding hydrogens is 402 g/mol. The first-order valence-electron chi connectivity index (χ1n) is 9.40. The number of benzene rings is 2. The summed E-state index contributed by atoms with van der Waals surface area (Å²) < 4.78 is 33.2. The molecule has 3 aromatic rings. The van der Waals surface area contributed by atoms with E-state index in [0.29, 0.717) is 30.2 Å². The smallest absolute Gasteiger partial charge is 0.261 e. The van der Waals surface area contributed by atoms with E-state index in [4.69, 9.17) is 4.74 Å². The second kappa shape index (κ2) is 9.41. The van der Waals surface area contributed by atoms with Crippen molar-refractivity contribution in [2.75, 3.05) is 18.4 Å². The first-order valence-corrected chi connectivity index (χ1v) is 10.9. The number of sulfonamides is 1. The fourth-order valence-electron chi connectivity index (χ4n) is 2.84. The van der Waals surface area contributed by atoms with Crippen LogP contribution in [0.5, 0.6) is 5.75 Å². The van der Waals surface area contributed by atoms with Gasteiger partial charge in [-0.25, -0.2) is 8.42 Å². The van der Waals surface area contributed by atoms with Crippen LogP contribution < -0.4 is 9.46 Å². The van der Waals surface area contributed by atoms with Gasteiger partial charge in [-0.05, 0) is 61.5 Å². The van der Waals surface area contributed by atoms with Gasteiger partial charge < -0.3 is 9.64 Å². The SMILES string of the molecule is CCOc1ccc(S(=O)(=O)Nc2cccc(C(=O)N(C)Cc3ccccn3)c2)cc1. The highest BCUT2D eigenvalue weighted by Gasteiger charge is 2.17. The van der Waals surface area contributed by atoms with Crippen LogP contribution in [0.4, 0.5) is 5.69 Å². The summed E-state index contributed by atoms with van der Waals surface area (Å²) in [7, 11) is -2.12. The number of carbonyl (C=O) groups excluding carboxylic acids is 1. The summed E-state index contributed by atoms with van der Waals surface area (Å²) in [6.07, 6.45) is 1.67. The van der Waals surface area contributed by atoms with Crippen LogP contribution in [0.2, 0.25) is 0 Å². The third-order valence-electron chi connectivity index (χ3n) is 4.28. The molecule has 8 heteroatoms. The zero-order chi connectivity index (χ0) is 21.6. The van der Waals surface area contributed by atoms with E-state index >= 15 is 0 Å². The van der Waals surface area contributed by atoms with E-state index in [1.807, 2.05) is 25.1 Å². The summed E-state index contributed by atoms with van der Waals surface area (Å²) >= 11 is 0. The Morgan fingerprint density at radius 2 is 1.83 bits per heavy atom. The van der Waals surface area contributed by atoms with Crippen LogP contribution in [0.25, 0.3) is 0 Å². The van der Waals surface area contributed by atoms with Crippen LogP contribution in [0, 0.1) is 0 Å². The Morgan fingerprint density at radius 3 is 2.50 bits per heavy atom. The molecule has 0 aliphatic carbocycles. The lowest BCUT2D eigenvalue weighted by Gasteiger charge is -2.17. The number of hydrogen-bond acceptors (Lipinski definition) is 5. The normalized spacial score (nSPS) is 11.0. The Kier molecular flexibility index (Phi) is 6.68. The van der Waals surface area contributed by atoms with E-state index in [0.717, 1.165) is 5.69 Å². The predicted molar refractivity (Wildman–Crippen MR) is 115 cm³/mol. The van der Waals surface area contributed by atoms with Gasteiger partial charge >= 0.3 is 0 Å². The molecule has 0 fully saturated rings. The highest BCUT2D eigenvalue weighted by Crippen LogP contribution is 2.20. The highest BCUT2D eigenvalue weighted by molar-refractivity contribution is 7.92. The standard InChI is InChI=1S/C22H23N3O4S/c1-3-29-20-10-12-21(13-11-20)30(27,28)24-18-9-6-7-17(15-18)22(26)25(2)16-19-8-4-5-14-23-19/h4-15,24H,3,16H2,1-2H3. The third-order valence-corrected chi connectivity index (χ3v) is 5.68. The molecular formula is C22H23N3O4S. The van der Waals surface area contributed by atoms with E-state index in [9.17, 15) is 13.2 Å². The molecule has 1 amide bonds. The van der Waals surface area contributed by atoms with E-state index in [-0.39, 0.29) is 10.8 Å². The van der Waals surface area contributed by atoms with E-state index in [2.05, 4.69) is 9.71 Å². The van der Waals surface area contributed by atoms with Crippen LogP contribution in [0.15, 0.2) is 77.8 Å². The number of aromatic nitrogens is 1. The van der Waals surface area contributed by atoms with Crippen molar-refractivity contribution in [1.29, 1.82) is 0 Å². The zero-order valence-electron chi connectivity index (χ0n) is 16.8. The highest BCUT2D eigenvalue weighted by atomic mass is 32.2. The maximum absolute atomic E-state index is 12.7. The second-order valence-corrected chi connectivity index (χ2v) is 8.26. The van der Waals surface area contributed by atoms with Crippen molar-refractivity contribution < 1.29 is 17.9 Å². The number of pyridine rings is 1. The summed E-state index contributed by atoms with van der Waals surface area (Å²) in [5, 5.41) is 0. The number of hydrogen-bond donors (Lipinski definition) is 1. The quantitative estimate of drug-likeness (QED) is 0.596. The maximum Gasteiger partial charge on any atom is 0.261 e. The van der Waals surface area contributed by atoms with Crippen LogP contribution in [-0.2, 0) is 16.6 Å². The van der Waals surface area contributed by atoms with Crippen molar-refractivity contribution in [2.24, 2.45) is 0 Å². The number of rotatable bonds is 8. The van der Waals surface area contributed by atoms with Gasteiger partial charge in [-0.2, -0.15) is 0 Å². The van der Waals surface area contributed by atoms with E-state index in [1.54, 1.807) is 43.6 Å². The van der Waals surface area contributed by atoms with Gasteiger partial charge in [0.25, 0.3) is 15.9 Å². The number of ether oxygens (including phenoxy) is 1. The third kappa shape index (κ3) is 5.36. The fraction of sp³-hybridized carbons (Fsp3) is 0.182. The van der Waals surface area contributed by atoms with Gasteiger partial charge in [0, 0.05) is 24.5 Å². The Balaban J connectivity index is 1.73. The van der Waals surface area contributed by atoms with E-state index in [1.165, 1.54) is 23.1 Å². The van der Waals surface area contributed by atoms with Crippen molar-refractivity contribution in [1.82, 2.24) is 9.88 Å². The molecule has 0 atom stereocenters. The molecule has 3 rings (SSSR count). The lowest BCUT2D eigenvalue weighted by Crippen LogP contribution is -2.26. The van der Waals surface area contributed by atoms with E-state index < -0.39 is 10.0 Å². The molecule has 0 radical (unpaired) electrons. The molecule has 0 saturated carbocycles. The molecule has 0 spiro atoms. The number of amides is 1. The lowest BCUT2D eigenvalue weighted by molar-refractivity contribution is 0.0783. The Bertz CT molecular complexity index is 1100. The van der Waals surface area contributed by atoms with Crippen molar-refractivity contribution in [3.63, 3.8) is 0 Å². The van der Waals surface area contributed by atoms with Crippen LogP contribution in [-0.4, -0.2) is 37.9 Å². The topological polar surface area (TPSA) is 88.6 Å². The Morgan fingerprint density at radius 1 is 1.07 bits per heavy atom. The summed E-state index contributed by atoms with van der Waals surface area (Å²) in [4.78, 5) is 18.6. The number of nitrogens with zero attached hydrogens (tertiary/aromatic N) is 2. The van der Waals surface area contributed by atoms with Gasteiger partial charge in [0.2, 0.25) is 0 Å². The van der Waals surface area contributed by atoms with Gasteiger partial charge in [-0.1, -0.05) is 12.1 Å². The molecule has 0 saturated heterocycles. The van der Waals surface area contributed by atoms with Crippen molar-refractivity contribution in [3.8, 4) is 5.75 Å². The van der Waals surface area contributed by atoms with Gasteiger partial charge in [-0.3, -0.25) is 14.5 Å².